The van der Waals surface area contributed by atoms with Gasteiger partial charge in [0.2, 0.25) is 0 Å². The summed E-state index contributed by atoms with van der Waals surface area (Å²) >= 11 is 6.69. The minimum Gasteiger partial charge on any atom is -0.385 e. The Morgan fingerprint density at radius 3 is 2.62 bits per heavy atom. The van der Waals surface area contributed by atoms with Gasteiger partial charge in [-0.25, -0.2) is 0 Å². The fourth-order valence-corrected chi connectivity index (χ4v) is 5.17. The summed E-state index contributed by atoms with van der Waals surface area (Å²) in [5, 5.41) is 9.70. The largest absolute Gasteiger partial charge is 0.385 e. The number of methoxy groups -OCH3 is 1. The summed E-state index contributed by atoms with van der Waals surface area (Å²) in [5.41, 5.74) is 1.11. The number of carbonyl (C=O) groups excluding carboxylic acids is 1. The number of morpholine rings is 1. The molecule has 172 valence electrons. The molecule has 1 aromatic heterocycles. The zero-order valence-corrected chi connectivity index (χ0v) is 20.3. The van der Waals surface area contributed by atoms with Gasteiger partial charge in [0.25, 0.3) is 11.5 Å². The third-order valence-corrected chi connectivity index (χ3v) is 6.86. The van der Waals surface area contributed by atoms with Gasteiger partial charge >= 0.3 is 0 Å². The minimum absolute atomic E-state index is 0.109. The number of amides is 1. The Morgan fingerprint density at radius 1 is 1.28 bits per heavy atom. The number of nitriles is 1. The first kappa shape index (κ1) is 24.5. The van der Waals surface area contributed by atoms with Crippen LogP contribution in [0.5, 0.6) is 0 Å². The molecule has 2 fully saturated rings. The third kappa shape index (κ3) is 4.91. The topological polar surface area (TPSA) is 87.8 Å². The second-order valence-corrected chi connectivity index (χ2v) is 9.26. The Kier molecular flexibility index (Phi) is 8.48. The number of ether oxygens (including phenoxy) is 2. The highest BCUT2D eigenvalue weighted by Gasteiger charge is 2.33. The lowest BCUT2D eigenvalue weighted by atomic mass is 10.0. The number of thioether (sulfide) groups is 1. The highest BCUT2D eigenvalue weighted by molar-refractivity contribution is 8.26. The number of anilines is 1. The number of aromatic nitrogens is 1. The van der Waals surface area contributed by atoms with E-state index in [1.165, 1.54) is 11.8 Å². The fourth-order valence-electron chi connectivity index (χ4n) is 3.88. The van der Waals surface area contributed by atoms with Crippen LogP contribution < -0.4 is 10.5 Å². The smallest absolute Gasteiger partial charge is 0.270 e. The minimum atomic E-state index is -0.294. The van der Waals surface area contributed by atoms with Crippen molar-refractivity contribution in [3.05, 3.63) is 31.9 Å². The summed E-state index contributed by atoms with van der Waals surface area (Å²) < 4.78 is 12.8. The summed E-state index contributed by atoms with van der Waals surface area (Å²) in [4.78, 5) is 30.4. The van der Waals surface area contributed by atoms with E-state index < -0.39 is 0 Å². The Morgan fingerprint density at radius 2 is 2.00 bits per heavy atom. The average molecular weight is 477 g/mol. The van der Waals surface area contributed by atoms with Crippen LogP contribution >= 0.6 is 24.0 Å². The molecule has 0 radical (unpaired) electrons. The van der Waals surface area contributed by atoms with E-state index in [1.54, 1.807) is 29.6 Å². The van der Waals surface area contributed by atoms with Gasteiger partial charge in [-0.3, -0.25) is 19.1 Å². The molecule has 3 rings (SSSR count). The maximum Gasteiger partial charge on any atom is 0.270 e. The van der Waals surface area contributed by atoms with Crippen LogP contribution in [-0.2, 0) is 20.8 Å². The van der Waals surface area contributed by atoms with Gasteiger partial charge in [-0.05, 0) is 31.4 Å². The molecule has 0 saturated carbocycles. The summed E-state index contributed by atoms with van der Waals surface area (Å²) in [5.74, 6) is 0.580. The van der Waals surface area contributed by atoms with E-state index in [2.05, 4.69) is 11.0 Å². The second kappa shape index (κ2) is 11.1. The van der Waals surface area contributed by atoms with Crippen molar-refractivity contribution in [1.29, 1.82) is 5.26 Å². The van der Waals surface area contributed by atoms with Crippen LogP contribution in [0.3, 0.4) is 0 Å². The summed E-state index contributed by atoms with van der Waals surface area (Å²) in [7, 11) is 1.62. The number of hydrogen-bond donors (Lipinski definition) is 0. The predicted octanol–water partition coefficient (Wildman–Crippen LogP) is 2.51. The molecular formula is C22H28N4O4S2. The van der Waals surface area contributed by atoms with E-state index in [1.807, 2.05) is 6.92 Å². The molecule has 1 aromatic rings. The van der Waals surface area contributed by atoms with Crippen molar-refractivity contribution in [1.82, 2.24) is 9.47 Å². The van der Waals surface area contributed by atoms with Crippen LogP contribution in [0, 0.1) is 18.3 Å². The lowest BCUT2D eigenvalue weighted by Crippen LogP contribution is -2.41. The van der Waals surface area contributed by atoms with Crippen molar-refractivity contribution in [2.45, 2.75) is 33.2 Å². The number of rotatable bonds is 8. The standard InChI is InChI=1S/C22H28N4O4S2/c1-4-6-25-19(24-8-11-30-12-9-24)16(15(2)17(14-23)20(25)27)13-18-21(28)26(22(31)32-18)7-5-10-29-3/h13H,4-12H2,1-3H3/b18-13-. The van der Waals surface area contributed by atoms with Crippen LogP contribution in [0.25, 0.3) is 6.08 Å². The first-order valence-corrected chi connectivity index (χ1v) is 11.9. The first-order chi connectivity index (χ1) is 15.4. The highest BCUT2D eigenvalue weighted by Crippen LogP contribution is 2.36. The van der Waals surface area contributed by atoms with Crippen LogP contribution in [-0.4, -0.2) is 66.3 Å². The summed E-state index contributed by atoms with van der Waals surface area (Å²) in [6, 6.07) is 2.07. The number of thiocarbonyl (C=S) groups is 1. The molecule has 2 aliphatic heterocycles. The van der Waals surface area contributed by atoms with Gasteiger partial charge in [0.1, 0.15) is 21.8 Å². The molecule has 1 amide bonds. The molecule has 0 N–H and O–H groups in total. The van der Waals surface area contributed by atoms with Crippen LogP contribution in [0.15, 0.2) is 9.70 Å². The molecule has 2 saturated heterocycles. The van der Waals surface area contributed by atoms with Crippen molar-refractivity contribution in [2.75, 3.05) is 51.5 Å². The molecular weight excluding hydrogens is 448 g/mol. The fraction of sp³-hybridized carbons (Fsp3) is 0.545. The van der Waals surface area contributed by atoms with Crippen LogP contribution in [0.4, 0.5) is 5.82 Å². The van der Waals surface area contributed by atoms with Crippen molar-refractivity contribution < 1.29 is 14.3 Å². The van der Waals surface area contributed by atoms with Crippen molar-refractivity contribution >= 4 is 46.1 Å². The first-order valence-electron chi connectivity index (χ1n) is 10.7. The zero-order chi connectivity index (χ0) is 23.3. The van der Waals surface area contributed by atoms with E-state index in [0.717, 1.165) is 12.2 Å². The maximum absolute atomic E-state index is 13.1. The Hall–Kier alpha value is -2.19. The van der Waals surface area contributed by atoms with E-state index in [0.29, 0.717) is 72.8 Å². The van der Waals surface area contributed by atoms with Crippen molar-refractivity contribution in [3.63, 3.8) is 0 Å². The van der Waals surface area contributed by atoms with Gasteiger partial charge in [-0.15, -0.1) is 0 Å². The van der Waals surface area contributed by atoms with Crippen molar-refractivity contribution in [2.24, 2.45) is 0 Å². The molecule has 0 spiro atoms. The molecule has 0 bridgehead atoms. The quantitative estimate of drug-likeness (QED) is 0.321. The number of carbonyl (C=O) groups is 1. The van der Waals surface area contributed by atoms with Crippen LogP contribution in [0.1, 0.15) is 36.5 Å². The summed E-state index contributed by atoms with van der Waals surface area (Å²) in [6.45, 7) is 7.66. The Labute approximate surface area is 197 Å². The molecule has 0 aromatic carbocycles. The van der Waals surface area contributed by atoms with Gasteiger partial charge in [0.15, 0.2) is 0 Å². The number of hydrogen-bond acceptors (Lipinski definition) is 8. The monoisotopic (exact) mass is 476 g/mol. The molecule has 2 aliphatic rings. The van der Waals surface area contributed by atoms with E-state index in [4.69, 9.17) is 21.7 Å². The summed E-state index contributed by atoms with van der Waals surface area (Å²) in [6.07, 6.45) is 3.22. The lowest BCUT2D eigenvalue weighted by Gasteiger charge is -2.33. The molecule has 8 nitrogen and oxygen atoms in total. The third-order valence-electron chi connectivity index (χ3n) is 5.48. The highest BCUT2D eigenvalue weighted by atomic mass is 32.2. The van der Waals surface area contributed by atoms with Gasteiger partial charge < -0.3 is 14.4 Å². The zero-order valence-electron chi connectivity index (χ0n) is 18.7. The van der Waals surface area contributed by atoms with Gasteiger partial charge in [0.05, 0.1) is 18.1 Å². The second-order valence-electron chi connectivity index (χ2n) is 7.58. The lowest BCUT2D eigenvalue weighted by molar-refractivity contribution is -0.122. The molecule has 0 unspecified atom stereocenters. The SMILES string of the molecule is CCCn1c(N2CCOCC2)c(/C=C2\SC(=S)N(CCCOC)C2=O)c(C)c(C#N)c1=O. The number of nitrogens with zero attached hydrogens (tertiary/aromatic N) is 4. The molecule has 0 atom stereocenters. The van der Waals surface area contributed by atoms with Gasteiger partial charge in [0, 0.05) is 45.5 Å². The normalized spacial score (nSPS) is 18.0. The maximum atomic E-state index is 13.1. The molecule has 3 heterocycles. The molecule has 0 aliphatic carbocycles. The van der Waals surface area contributed by atoms with Gasteiger partial charge in [-0.1, -0.05) is 30.9 Å². The molecule has 10 heteroatoms. The average Bonchev–Trinajstić information content (AvgIpc) is 3.05. The van der Waals surface area contributed by atoms with E-state index in [-0.39, 0.29) is 17.0 Å². The van der Waals surface area contributed by atoms with Crippen molar-refractivity contribution in [3.8, 4) is 6.07 Å². The number of pyridine rings is 1. The Balaban J connectivity index is 2.13. The van der Waals surface area contributed by atoms with Gasteiger partial charge in [-0.2, -0.15) is 5.26 Å². The van der Waals surface area contributed by atoms with E-state index >= 15 is 0 Å². The predicted molar refractivity (Wildman–Crippen MR) is 130 cm³/mol. The molecule has 32 heavy (non-hydrogen) atoms. The van der Waals surface area contributed by atoms with Crippen LogP contribution in [0.2, 0.25) is 0 Å². The Bertz CT molecular complexity index is 1020. The van der Waals surface area contributed by atoms with E-state index in [9.17, 15) is 14.9 Å².